The Bertz CT molecular complexity index is 278. The molecule has 1 nitrogen and oxygen atoms in total. The first kappa shape index (κ1) is 11.0. The second kappa shape index (κ2) is 5.63. The summed E-state index contributed by atoms with van der Waals surface area (Å²) in [6.45, 7) is 0.630. The normalized spacial score (nSPS) is 10.1. The lowest BCUT2D eigenvalue weighted by molar-refractivity contribution is 0.319. The average Bonchev–Trinajstić information content (AvgIpc) is 2.09. The molecular weight excluding hydrogens is 227 g/mol. The molecule has 0 heterocycles. The molecule has 0 radical (unpaired) electrons. The smallest absolute Gasteiger partial charge is 0.137 e. The molecule has 0 bridgehead atoms. The Morgan fingerprint density at radius 2 is 2.08 bits per heavy atom. The van der Waals surface area contributed by atoms with Gasteiger partial charge in [0.05, 0.1) is 11.6 Å². The van der Waals surface area contributed by atoms with Crippen molar-refractivity contribution in [2.75, 3.05) is 12.4 Å². The molecule has 1 aromatic rings. The van der Waals surface area contributed by atoms with Crippen molar-refractivity contribution < 1.29 is 4.74 Å². The first-order valence-electron chi connectivity index (χ1n) is 3.93. The minimum absolute atomic E-state index is 0.548. The lowest BCUT2D eigenvalue weighted by Gasteiger charge is -2.06. The molecule has 0 aliphatic rings. The summed E-state index contributed by atoms with van der Waals surface area (Å²) in [6, 6.07) is 5.19. The maximum Gasteiger partial charge on any atom is 0.137 e. The lowest BCUT2D eigenvalue weighted by Crippen LogP contribution is -1.97. The van der Waals surface area contributed by atoms with Crippen LogP contribution in [-0.2, 0) is 0 Å². The minimum Gasteiger partial charge on any atom is -0.492 e. The van der Waals surface area contributed by atoms with E-state index in [1.54, 1.807) is 18.2 Å². The van der Waals surface area contributed by atoms with Crippen LogP contribution in [0, 0.1) is 0 Å². The van der Waals surface area contributed by atoms with E-state index in [0.717, 1.165) is 12.2 Å². The number of rotatable bonds is 4. The molecule has 0 N–H and O–H groups in total. The highest BCUT2D eigenvalue weighted by Crippen LogP contribution is 2.27. The summed E-state index contributed by atoms with van der Waals surface area (Å²) in [5.41, 5.74) is 0. The van der Waals surface area contributed by atoms with E-state index in [1.165, 1.54) is 0 Å². The molecule has 72 valence electrons. The van der Waals surface area contributed by atoms with E-state index in [-0.39, 0.29) is 0 Å². The molecule has 0 aliphatic carbocycles. The largest absolute Gasteiger partial charge is 0.492 e. The molecule has 0 saturated carbocycles. The molecule has 13 heavy (non-hydrogen) atoms. The molecule has 1 rings (SSSR count). The van der Waals surface area contributed by atoms with Crippen molar-refractivity contribution >= 4 is 35.8 Å². The van der Waals surface area contributed by atoms with E-state index >= 15 is 0 Å². The van der Waals surface area contributed by atoms with Gasteiger partial charge >= 0.3 is 0 Å². The highest BCUT2D eigenvalue weighted by molar-refractivity contribution is 7.80. The molecule has 0 spiro atoms. The zero-order valence-corrected chi connectivity index (χ0v) is 9.37. The Kier molecular flexibility index (Phi) is 4.78. The van der Waals surface area contributed by atoms with Crippen molar-refractivity contribution in [1.82, 2.24) is 0 Å². The summed E-state index contributed by atoms with van der Waals surface area (Å²) in [5, 5.41) is 1.17. The van der Waals surface area contributed by atoms with Gasteiger partial charge in [0.2, 0.25) is 0 Å². The van der Waals surface area contributed by atoms with E-state index in [1.807, 2.05) is 0 Å². The molecule has 4 heteroatoms. The van der Waals surface area contributed by atoms with Crippen LogP contribution in [0.4, 0.5) is 0 Å². The van der Waals surface area contributed by atoms with Crippen LogP contribution in [0.3, 0.4) is 0 Å². The Hall–Kier alpha value is -0.0500. The van der Waals surface area contributed by atoms with Crippen molar-refractivity contribution in [3.05, 3.63) is 28.2 Å². The monoisotopic (exact) mass is 236 g/mol. The third-order valence-corrected chi connectivity index (χ3v) is 2.30. The zero-order valence-electron chi connectivity index (χ0n) is 6.96. The predicted molar refractivity (Wildman–Crippen MR) is 60.4 cm³/mol. The molecule has 0 fully saturated rings. The maximum atomic E-state index is 5.88. The standard InChI is InChI=1S/C9H10Cl2OS/c10-7-2-3-9(8(11)6-7)12-4-1-5-13/h2-3,6,13H,1,4-5H2. The summed E-state index contributed by atoms with van der Waals surface area (Å²) >= 11 is 15.7. The van der Waals surface area contributed by atoms with Gasteiger partial charge in [-0.05, 0) is 30.4 Å². The van der Waals surface area contributed by atoms with Gasteiger partial charge in [0, 0.05) is 5.02 Å². The summed E-state index contributed by atoms with van der Waals surface area (Å²) < 4.78 is 5.39. The minimum atomic E-state index is 0.548. The average molecular weight is 237 g/mol. The fourth-order valence-electron chi connectivity index (χ4n) is 0.839. The fourth-order valence-corrected chi connectivity index (χ4v) is 1.43. The molecule has 0 saturated heterocycles. The Morgan fingerprint density at radius 1 is 1.31 bits per heavy atom. The Labute approximate surface area is 93.4 Å². The maximum absolute atomic E-state index is 5.88. The summed E-state index contributed by atoms with van der Waals surface area (Å²) in [4.78, 5) is 0. The van der Waals surface area contributed by atoms with Gasteiger partial charge in [-0.1, -0.05) is 23.2 Å². The van der Waals surface area contributed by atoms with Crippen LogP contribution in [0.15, 0.2) is 18.2 Å². The van der Waals surface area contributed by atoms with Gasteiger partial charge in [0.15, 0.2) is 0 Å². The Morgan fingerprint density at radius 3 is 2.69 bits per heavy atom. The van der Waals surface area contributed by atoms with Crippen molar-refractivity contribution in [1.29, 1.82) is 0 Å². The van der Waals surface area contributed by atoms with Crippen LogP contribution in [0.5, 0.6) is 5.75 Å². The molecule has 0 amide bonds. The van der Waals surface area contributed by atoms with Crippen LogP contribution in [0.25, 0.3) is 0 Å². The summed E-state index contributed by atoms with van der Waals surface area (Å²) in [6.07, 6.45) is 0.905. The van der Waals surface area contributed by atoms with Gasteiger partial charge in [-0.2, -0.15) is 12.6 Å². The highest BCUT2D eigenvalue weighted by Gasteiger charge is 2.00. The van der Waals surface area contributed by atoms with Crippen molar-refractivity contribution in [2.45, 2.75) is 6.42 Å². The second-order valence-corrected chi connectivity index (χ2v) is 3.79. The van der Waals surface area contributed by atoms with E-state index in [4.69, 9.17) is 27.9 Å². The van der Waals surface area contributed by atoms with Gasteiger partial charge in [-0.15, -0.1) is 0 Å². The first-order valence-corrected chi connectivity index (χ1v) is 5.31. The van der Waals surface area contributed by atoms with Gasteiger partial charge in [-0.25, -0.2) is 0 Å². The molecular formula is C9H10Cl2OS. The molecule has 0 unspecified atom stereocenters. The highest BCUT2D eigenvalue weighted by atomic mass is 35.5. The van der Waals surface area contributed by atoms with Crippen LogP contribution in [0.1, 0.15) is 6.42 Å². The molecule has 0 aliphatic heterocycles. The fraction of sp³-hybridized carbons (Fsp3) is 0.333. The van der Waals surface area contributed by atoms with Crippen molar-refractivity contribution in [3.8, 4) is 5.75 Å². The number of benzene rings is 1. The van der Waals surface area contributed by atoms with Crippen LogP contribution >= 0.6 is 35.8 Å². The van der Waals surface area contributed by atoms with Gasteiger partial charge in [0.1, 0.15) is 5.75 Å². The first-order chi connectivity index (χ1) is 6.24. The quantitative estimate of drug-likeness (QED) is 0.620. The van der Waals surface area contributed by atoms with E-state index in [0.29, 0.717) is 22.4 Å². The van der Waals surface area contributed by atoms with Gasteiger partial charge in [-0.3, -0.25) is 0 Å². The number of hydrogen-bond acceptors (Lipinski definition) is 2. The number of thiol groups is 1. The van der Waals surface area contributed by atoms with Crippen LogP contribution < -0.4 is 4.74 Å². The number of halogens is 2. The van der Waals surface area contributed by atoms with E-state index in [2.05, 4.69) is 12.6 Å². The van der Waals surface area contributed by atoms with Gasteiger partial charge in [0.25, 0.3) is 0 Å². The second-order valence-electron chi connectivity index (χ2n) is 2.50. The number of ether oxygens (including phenoxy) is 1. The third-order valence-electron chi connectivity index (χ3n) is 1.45. The van der Waals surface area contributed by atoms with E-state index in [9.17, 15) is 0 Å². The van der Waals surface area contributed by atoms with Gasteiger partial charge < -0.3 is 4.74 Å². The predicted octanol–water partition coefficient (Wildman–Crippen LogP) is 3.69. The van der Waals surface area contributed by atoms with Crippen LogP contribution in [-0.4, -0.2) is 12.4 Å². The zero-order chi connectivity index (χ0) is 9.68. The molecule has 0 aromatic heterocycles. The molecule has 0 atom stereocenters. The third kappa shape index (κ3) is 3.67. The SMILES string of the molecule is SCCCOc1ccc(Cl)cc1Cl. The summed E-state index contributed by atoms with van der Waals surface area (Å²) in [5.74, 6) is 1.48. The van der Waals surface area contributed by atoms with Crippen molar-refractivity contribution in [2.24, 2.45) is 0 Å². The topological polar surface area (TPSA) is 9.23 Å². The lowest BCUT2D eigenvalue weighted by atomic mass is 10.3. The van der Waals surface area contributed by atoms with Crippen LogP contribution in [0.2, 0.25) is 10.0 Å². The number of hydrogen-bond donors (Lipinski definition) is 1. The summed E-state index contributed by atoms with van der Waals surface area (Å²) in [7, 11) is 0. The Balaban J connectivity index is 2.56. The van der Waals surface area contributed by atoms with Crippen molar-refractivity contribution in [3.63, 3.8) is 0 Å². The molecule has 1 aromatic carbocycles. The van der Waals surface area contributed by atoms with E-state index < -0.39 is 0 Å².